The van der Waals surface area contributed by atoms with E-state index >= 15 is 0 Å². The van der Waals surface area contributed by atoms with Crippen LogP contribution in [0.1, 0.15) is 37.4 Å². The second-order valence-electron chi connectivity index (χ2n) is 6.69. The van der Waals surface area contributed by atoms with Crippen molar-refractivity contribution in [1.29, 1.82) is 0 Å². The van der Waals surface area contributed by atoms with E-state index in [4.69, 9.17) is 0 Å². The minimum atomic E-state index is -0.553. The van der Waals surface area contributed by atoms with Crippen molar-refractivity contribution in [2.45, 2.75) is 6.42 Å². The molecule has 7 heteroatoms. The highest BCUT2D eigenvalue weighted by Gasteiger charge is 2.35. The number of likely N-dealkylation sites (N-methyl/N-ethyl adjacent to an activating group) is 1. The van der Waals surface area contributed by atoms with Crippen LogP contribution in [-0.2, 0) is 11.2 Å². The van der Waals surface area contributed by atoms with Gasteiger partial charge in [-0.05, 0) is 20.2 Å². The van der Waals surface area contributed by atoms with E-state index in [1.165, 1.54) is 18.2 Å². The molecule has 0 fully saturated rings. The zero-order valence-corrected chi connectivity index (χ0v) is 15.1. The van der Waals surface area contributed by atoms with Crippen LogP contribution in [0.2, 0.25) is 0 Å². The van der Waals surface area contributed by atoms with Gasteiger partial charge in [0.15, 0.2) is 11.6 Å². The topological polar surface area (TPSA) is 107 Å². The summed E-state index contributed by atoms with van der Waals surface area (Å²) >= 11 is 0. The molecule has 0 bridgehead atoms. The molecule has 7 nitrogen and oxygen atoms in total. The van der Waals surface area contributed by atoms with Gasteiger partial charge >= 0.3 is 0 Å². The van der Waals surface area contributed by atoms with Crippen LogP contribution in [0, 0.1) is 0 Å². The Morgan fingerprint density at radius 3 is 2.22 bits per heavy atom. The molecule has 0 heterocycles. The average molecular weight is 368 g/mol. The Bertz CT molecular complexity index is 950. The molecule has 27 heavy (non-hydrogen) atoms. The lowest BCUT2D eigenvalue weighted by molar-refractivity contribution is -0.120. The molecule has 3 N–H and O–H groups in total. The fraction of sp³-hybridized carbons (Fsp3) is 0.250. The second-order valence-corrected chi connectivity index (χ2v) is 6.69. The van der Waals surface area contributed by atoms with Crippen LogP contribution >= 0.6 is 0 Å². The highest BCUT2D eigenvalue weighted by molar-refractivity contribution is 6.30. The molecule has 0 spiro atoms. The van der Waals surface area contributed by atoms with Gasteiger partial charge in [0.1, 0.15) is 11.5 Å². The third-order valence-corrected chi connectivity index (χ3v) is 4.46. The quantitative estimate of drug-likeness (QED) is 0.582. The Morgan fingerprint density at radius 1 is 1.04 bits per heavy atom. The van der Waals surface area contributed by atoms with Gasteiger partial charge in [0.2, 0.25) is 5.91 Å². The van der Waals surface area contributed by atoms with E-state index in [1.54, 1.807) is 12.1 Å². The molecule has 2 aromatic rings. The highest BCUT2D eigenvalue weighted by Crippen LogP contribution is 2.40. The van der Waals surface area contributed by atoms with Crippen LogP contribution in [0.25, 0.3) is 0 Å². The predicted octanol–water partition coefficient (Wildman–Crippen LogP) is 1.09. The van der Waals surface area contributed by atoms with E-state index < -0.39 is 23.1 Å². The first kappa shape index (κ1) is 18.6. The zero-order valence-electron chi connectivity index (χ0n) is 15.1. The van der Waals surface area contributed by atoms with Gasteiger partial charge in [-0.15, -0.1) is 0 Å². The molecule has 0 atom stereocenters. The Hall–Kier alpha value is -3.19. The van der Waals surface area contributed by atoms with Gasteiger partial charge in [0.05, 0.1) is 17.5 Å². The summed E-state index contributed by atoms with van der Waals surface area (Å²) in [5.41, 5.74) is -0.0481. The van der Waals surface area contributed by atoms with Gasteiger partial charge in [-0.1, -0.05) is 24.3 Å². The maximum absolute atomic E-state index is 12.8. The molecule has 0 aromatic heterocycles. The number of ketones is 2. The van der Waals surface area contributed by atoms with Crippen molar-refractivity contribution in [2.24, 2.45) is 0 Å². The van der Waals surface area contributed by atoms with Crippen molar-refractivity contribution < 1.29 is 24.6 Å². The largest absolute Gasteiger partial charge is 0.507 e. The summed E-state index contributed by atoms with van der Waals surface area (Å²) in [6.07, 6.45) is -0.219. The first-order chi connectivity index (χ1) is 12.8. The van der Waals surface area contributed by atoms with Gasteiger partial charge in [-0.3, -0.25) is 14.4 Å². The SMILES string of the molecule is CN(C)CCNC(=O)Cc1cc(O)c2c(c1O)C(=O)c1ccccc1C2=O. The third kappa shape index (κ3) is 3.41. The molecule has 1 aliphatic carbocycles. The first-order valence-corrected chi connectivity index (χ1v) is 8.49. The van der Waals surface area contributed by atoms with Crippen molar-refractivity contribution in [2.75, 3.05) is 27.2 Å². The van der Waals surface area contributed by atoms with Crippen molar-refractivity contribution in [3.8, 4) is 11.5 Å². The highest BCUT2D eigenvalue weighted by atomic mass is 16.3. The molecule has 140 valence electrons. The number of hydrogen-bond acceptors (Lipinski definition) is 6. The number of hydrogen-bond donors (Lipinski definition) is 3. The van der Waals surface area contributed by atoms with E-state index in [1.807, 2.05) is 19.0 Å². The van der Waals surface area contributed by atoms with Crippen molar-refractivity contribution >= 4 is 17.5 Å². The Balaban J connectivity index is 1.95. The standard InChI is InChI=1S/C20H20N2O5/c1-22(2)8-7-21-15(24)10-11-9-14(23)16-17(18(11)25)20(27)13-6-4-3-5-12(13)19(16)26/h3-6,9,23,25H,7-8,10H2,1-2H3,(H,21,24). The fourth-order valence-corrected chi connectivity index (χ4v) is 3.10. The summed E-state index contributed by atoms with van der Waals surface area (Å²) in [6.45, 7) is 1.07. The number of rotatable bonds is 5. The summed E-state index contributed by atoms with van der Waals surface area (Å²) in [6, 6.07) is 7.40. The summed E-state index contributed by atoms with van der Waals surface area (Å²) in [5.74, 6) is -2.32. The molecule has 1 aliphatic rings. The lowest BCUT2D eigenvalue weighted by Gasteiger charge is -2.21. The maximum Gasteiger partial charge on any atom is 0.224 e. The summed E-state index contributed by atoms with van der Waals surface area (Å²) in [7, 11) is 3.75. The minimum Gasteiger partial charge on any atom is -0.507 e. The molecular weight excluding hydrogens is 348 g/mol. The number of carbonyl (C=O) groups excluding carboxylic acids is 3. The van der Waals surface area contributed by atoms with Crippen molar-refractivity contribution in [1.82, 2.24) is 10.2 Å². The summed E-state index contributed by atoms with van der Waals surface area (Å²) < 4.78 is 0. The number of phenols is 2. The predicted molar refractivity (Wildman–Crippen MR) is 98.3 cm³/mol. The Morgan fingerprint density at radius 2 is 1.63 bits per heavy atom. The van der Waals surface area contributed by atoms with Gasteiger partial charge in [-0.2, -0.15) is 0 Å². The van der Waals surface area contributed by atoms with Gasteiger partial charge in [0, 0.05) is 29.8 Å². The molecule has 0 radical (unpaired) electrons. The number of nitrogens with one attached hydrogen (secondary N) is 1. The van der Waals surface area contributed by atoms with E-state index in [-0.39, 0.29) is 40.1 Å². The van der Waals surface area contributed by atoms with Crippen LogP contribution in [-0.4, -0.2) is 59.8 Å². The summed E-state index contributed by atoms with van der Waals surface area (Å²) in [4.78, 5) is 39.4. The van der Waals surface area contributed by atoms with Gasteiger partial charge in [-0.25, -0.2) is 0 Å². The van der Waals surface area contributed by atoms with Crippen molar-refractivity contribution in [3.63, 3.8) is 0 Å². The lowest BCUT2D eigenvalue weighted by atomic mass is 9.82. The number of benzene rings is 2. The molecule has 0 aliphatic heterocycles. The molecule has 3 rings (SSSR count). The molecule has 1 amide bonds. The van der Waals surface area contributed by atoms with Crippen molar-refractivity contribution in [3.05, 3.63) is 58.1 Å². The van der Waals surface area contributed by atoms with Gasteiger partial charge < -0.3 is 20.4 Å². The van der Waals surface area contributed by atoms with E-state index in [0.717, 1.165) is 0 Å². The molecule has 2 aromatic carbocycles. The molecule has 0 unspecified atom stereocenters. The lowest BCUT2D eigenvalue weighted by Crippen LogP contribution is -2.32. The Kier molecular flexibility index (Phi) is 4.96. The third-order valence-electron chi connectivity index (χ3n) is 4.46. The summed E-state index contributed by atoms with van der Waals surface area (Å²) in [5, 5.41) is 23.6. The fourth-order valence-electron chi connectivity index (χ4n) is 3.10. The Labute approximate surface area is 156 Å². The zero-order chi connectivity index (χ0) is 19.7. The number of phenolic OH excluding ortho intramolecular Hbond substituents is 2. The minimum absolute atomic E-state index is 0.0918. The molecule has 0 saturated heterocycles. The maximum atomic E-state index is 12.8. The molecular formula is C20H20N2O5. The van der Waals surface area contributed by atoms with E-state index in [0.29, 0.717) is 13.1 Å². The van der Waals surface area contributed by atoms with Crippen LogP contribution in [0.5, 0.6) is 11.5 Å². The average Bonchev–Trinajstić information content (AvgIpc) is 2.62. The number of fused-ring (bicyclic) bond motifs is 2. The monoisotopic (exact) mass is 368 g/mol. The smallest absolute Gasteiger partial charge is 0.224 e. The number of carbonyl (C=O) groups is 3. The first-order valence-electron chi connectivity index (χ1n) is 8.49. The van der Waals surface area contributed by atoms with Crippen LogP contribution in [0.15, 0.2) is 30.3 Å². The second kappa shape index (κ2) is 7.20. The van der Waals surface area contributed by atoms with Crippen LogP contribution in [0.4, 0.5) is 0 Å². The van der Waals surface area contributed by atoms with Crippen LogP contribution in [0.3, 0.4) is 0 Å². The van der Waals surface area contributed by atoms with E-state index in [9.17, 15) is 24.6 Å². The molecule has 0 saturated carbocycles. The van der Waals surface area contributed by atoms with Crippen LogP contribution < -0.4 is 5.32 Å². The normalized spacial score (nSPS) is 12.7. The number of amides is 1. The van der Waals surface area contributed by atoms with E-state index in [2.05, 4.69) is 5.32 Å². The number of nitrogens with zero attached hydrogens (tertiary/aromatic N) is 1. The van der Waals surface area contributed by atoms with Gasteiger partial charge in [0.25, 0.3) is 0 Å². The number of aromatic hydroxyl groups is 2.